The van der Waals surface area contributed by atoms with Gasteiger partial charge in [-0.1, -0.05) is 6.92 Å². The zero-order valence-corrected chi connectivity index (χ0v) is 6.50. The van der Waals surface area contributed by atoms with Gasteiger partial charge in [-0.2, -0.15) is 0 Å². The molecule has 3 nitrogen and oxygen atoms in total. The molecule has 0 fully saturated rings. The lowest BCUT2D eigenvalue weighted by atomic mass is 10.2. The van der Waals surface area contributed by atoms with E-state index in [0.717, 1.165) is 6.42 Å². The topological polar surface area (TPSA) is 40.5 Å². The van der Waals surface area contributed by atoms with Crippen molar-refractivity contribution in [1.82, 2.24) is 4.90 Å². The van der Waals surface area contributed by atoms with E-state index in [0.29, 0.717) is 6.54 Å². The molecule has 0 aliphatic heterocycles. The number of aliphatic hydroxyl groups excluding tert-OH is 1. The average Bonchev–Trinajstić information content (AvgIpc) is 1.99. The minimum Gasteiger partial charge on any atom is -0.395 e. The molecule has 0 aromatic carbocycles. The van der Waals surface area contributed by atoms with Crippen molar-refractivity contribution >= 4 is 6.41 Å². The molecule has 0 aliphatic rings. The first-order valence-electron chi connectivity index (χ1n) is 3.51. The van der Waals surface area contributed by atoms with Gasteiger partial charge in [-0.25, -0.2) is 0 Å². The van der Waals surface area contributed by atoms with Gasteiger partial charge < -0.3 is 10.0 Å². The summed E-state index contributed by atoms with van der Waals surface area (Å²) in [7, 11) is 0. The molecule has 0 spiro atoms. The molecule has 0 bridgehead atoms. The van der Waals surface area contributed by atoms with Crippen LogP contribution in [0.5, 0.6) is 0 Å². The largest absolute Gasteiger partial charge is 0.395 e. The fourth-order valence-corrected chi connectivity index (χ4v) is 0.684. The van der Waals surface area contributed by atoms with E-state index in [2.05, 4.69) is 0 Å². The van der Waals surface area contributed by atoms with Crippen molar-refractivity contribution in [2.45, 2.75) is 26.3 Å². The summed E-state index contributed by atoms with van der Waals surface area (Å²) < 4.78 is 0. The second-order valence-electron chi connectivity index (χ2n) is 2.27. The Kier molecular flexibility index (Phi) is 4.94. The highest BCUT2D eigenvalue weighted by atomic mass is 16.3. The van der Waals surface area contributed by atoms with E-state index in [4.69, 9.17) is 5.11 Å². The first kappa shape index (κ1) is 9.43. The van der Waals surface area contributed by atoms with Crippen LogP contribution >= 0.6 is 0 Å². The molecule has 0 rings (SSSR count). The Morgan fingerprint density at radius 2 is 2.30 bits per heavy atom. The molecule has 1 atom stereocenters. The summed E-state index contributed by atoms with van der Waals surface area (Å²) in [6.45, 7) is 4.32. The fourth-order valence-electron chi connectivity index (χ4n) is 0.684. The molecule has 1 unspecified atom stereocenters. The van der Waals surface area contributed by atoms with Crippen LogP contribution in [0.1, 0.15) is 20.3 Å². The van der Waals surface area contributed by atoms with E-state index >= 15 is 0 Å². The summed E-state index contributed by atoms with van der Waals surface area (Å²) in [5.74, 6) is 0. The maximum atomic E-state index is 10.2. The van der Waals surface area contributed by atoms with Crippen LogP contribution in [0.4, 0.5) is 0 Å². The highest BCUT2D eigenvalue weighted by molar-refractivity contribution is 5.48. The van der Waals surface area contributed by atoms with Crippen molar-refractivity contribution in [3.63, 3.8) is 0 Å². The Balaban J connectivity index is 3.67. The van der Waals surface area contributed by atoms with Crippen LogP contribution in [0.15, 0.2) is 0 Å². The summed E-state index contributed by atoms with van der Waals surface area (Å²) in [4.78, 5) is 11.7. The molecule has 10 heavy (non-hydrogen) atoms. The molecule has 59 valence electrons. The summed E-state index contributed by atoms with van der Waals surface area (Å²) in [6, 6.07) is 0.185. The van der Waals surface area contributed by atoms with E-state index in [9.17, 15) is 4.79 Å². The van der Waals surface area contributed by atoms with Gasteiger partial charge in [0.05, 0.1) is 6.61 Å². The molecule has 0 saturated heterocycles. The second-order valence-corrected chi connectivity index (χ2v) is 2.27. The highest BCUT2D eigenvalue weighted by Crippen LogP contribution is 1.98. The van der Waals surface area contributed by atoms with E-state index in [1.165, 1.54) is 4.90 Å². The van der Waals surface area contributed by atoms with Crippen molar-refractivity contribution in [2.24, 2.45) is 0 Å². The zero-order chi connectivity index (χ0) is 7.98. The Morgan fingerprint density at radius 3 is 2.60 bits per heavy atom. The fraction of sp³-hybridized carbons (Fsp3) is 0.857. The predicted octanol–water partition coefficient (Wildman–Crippen LogP) is 0.146. The van der Waals surface area contributed by atoms with E-state index in [1.54, 1.807) is 6.41 Å². The van der Waals surface area contributed by atoms with Gasteiger partial charge in [0, 0.05) is 12.6 Å². The van der Waals surface area contributed by atoms with Gasteiger partial charge in [0.2, 0.25) is 0 Å². The van der Waals surface area contributed by atoms with E-state index in [1.807, 2.05) is 13.8 Å². The lowest BCUT2D eigenvalue weighted by Gasteiger charge is -2.21. The van der Waals surface area contributed by atoms with Crippen LogP contribution in [0.25, 0.3) is 0 Å². The quantitative estimate of drug-likeness (QED) is 0.558. The molecule has 1 amide bonds. The van der Waals surface area contributed by atoms with Crippen molar-refractivity contribution in [1.29, 1.82) is 0 Å². The first-order chi connectivity index (χ1) is 4.76. The Hall–Kier alpha value is -0.570. The van der Waals surface area contributed by atoms with Gasteiger partial charge in [-0.15, -0.1) is 0 Å². The Morgan fingerprint density at radius 1 is 1.70 bits per heavy atom. The van der Waals surface area contributed by atoms with Crippen molar-refractivity contribution in [2.75, 3.05) is 13.2 Å². The molecule has 1 radical (unpaired) electrons. The van der Waals surface area contributed by atoms with Gasteiger partial charge in [0.15, 0.2) is 0 Å². The number of aliphatic hydroxyl groups is 1. The van der Waals surface area contributed by atoms with Crippen LogP contribution in [0, 0.1) is 0 Å². The molecule has 0 heterocycles. The maximum absolute atomic E-state index is 10.2. The Labute approximate surface area is 61.6 Å². The lowest BCUT2D eigenvalue weighted by molar-refractivity contribution is 0.216. The second kappa shape index (κ2) is 5.23. The average molecular weight is 144 g/mol. The molecular weight excluding hydrogens is 130 g/mol. The standard InChI is InChI=1S/C7H14NO2/c1-3-7(2)8(6-10)4-5-9/h7,9H,3-5H2,1-2H3. The molecule has 0 saturated carbocycles. The van der Waals surface area contributed by atoms with Gasteiger partial charge in [0.25, 0.3) is 0 Å². The molecule has 3 heteroatoms. The number of rotatable bonds is 5. The number of carbonyl (C=O) groups excluding carboxylic acids is 1. The number of hydrogen-bond acceptors (Lipinski definition) is 2. The third-order valence-corrected chi connectivity index (χ3v) is 1.58. The normalized spacial score (nSPS) is 12.7. The molecule has 0 aromatic rings. The monoisotopic (exact) mass is 144 g/mol. The molecule has 0 aromatic heterocycles. The number of amides is 1. The van der Waals surface area contributed by atoms with Crippen LogP contribution in [-0.4, -0.2) is 35.6 Å². The van der Waals surface area contributed by atoms with Crippen molar-refractivity contribution < 1.29 is 9.90 Å². The van der Waals surface area contributed by atoms with Crippen LogP contribution in [-0.2, 0) is 4.79 Å². The van der Waals surface area contributed by atoms with Gasteiger partial charge in [0.1, 0.15) is 0 Å². The summed E-state index contributed by atoms with van der Waals surface area (Å²) in [5.41, 5.74) is 0. The first-order valence-corrected chi connectivity index (χ1v) is 3.51. The van der Waals surface area contributed by atoms with E-state index < -0.39 is 0 Å². The summed E-state index contributed by atoms with van der Waals surface area (Å²) in [6.07, 6.45) is 2.68. The van der Waals surface area contributed by atoms with Crippen molar-refractivity contribution in [3.05, 3.63) is 0 Å². The van der Waals surface area contributed by atoms with Gasteiger partial charge in [-0.05, 0) is 13.3 Å². The minimum atomic E-state index is 0.0135. The minimum absolute atomic E-state index is 0.0135. The molecule has 1 N–H and O–H groups in total. The summed E-state index contributed by atoms with van der Waals surface area (Å²) >= 11 is 0. The van der Waals surface area contributed by atoms with Crippen LogP contribution in [0.2, 0.25) is 0 Å². The number of hydrogen-bond donors (Lipinski definition) is 1. The highest BCUT2D eigenvalue weighted by Gasteiger charge is 2.08. The molecular formula is C7H14NO2. The zero-order valence-electron chi connectivity index (χ0n) is 6.50. The number of nitrogens with zero attached hydrogens (tertiary/aromatic N) is 1. The lowest BCUT2D eigenvalue weighted by Crippen LogP contribution is -2.33. The predicted molar refractivity (Wildman–Crippen MR) is 39.2 cm³/mol. The van der Waals surface area contributed by atoms with Gasteiger partial charge in [-0.3, -0.25) is 4.79 Å². The van der Waals surface area contributed by atoms with Crippen LogP contribution in [0.3, 0.4) is 0 Å². The van der Waals surface area contributed by atoms with E-state index in [-0.39, 0.29) is 12.6 Å². The Bertz CT molecular complexity index is 95.6. The smallest absolute Gasteiger partial charge is 0.312 e. The van der Waals surface area contributed by atoms with Crippen molar-refractivity contribution in [3.8, 4) is 0 Å². The third-order valence-electron chi connectivity index (χ3n) is 1.58. The van der Waals surface area contributed by atoms with Gasteiger partial charge >= 0.3 is 6.41 Å². The summed E-state index contributed by atoms with van der Waals surface area (Å²) in [5, 5.41) is 8.49. The maximum Gasteiger partial charge on any atom is 0.312 e. The molecule has 0 aliphatic carbocycles. The third kappa shape index (κ3) is 2.82. The SMILES string of the molecule is CCC(C)N([C]=O)CCO. The van der Waals surface area contributed by atoms with Crippen LogP contribution < -0.4 is 0 Å².